The highest BCUT2D eigenvalue weighted by Crippen LogP contribution is 2.17. The monoisotopic (exact) mass is 215 g/mol. The van der Waals surface area contributed by atoms with Crippen LogP contribution in [0.1, 0.15) is 17.0 Å². The van der Waals surface area contributed by atoms with Gasteiger partial charge in [-0.1, -0.05) is 17.7 Å². The third kappa shape index (κ3) is 1.99. The van der Waals surface area contributed by atoms with Gasteiger partial charge < -0.3 is 10.3 Å². The Bertz CT molecular complexity index is 486. The van der Waals surface area contributed by atoms with E-state index in [2.05, 4.69) is 41.6 Å². The second-order valence-corrected chi connectivity index (χ2v) is 4.04. The van der Waals surface area contributed by atoms with E-state index in [1.807, 2.05) is 12.4 Å². The number of aromatic nitrogens is 2. The summed E-state index contributed by atoms with van der Waals surface area (Å²) in [5, 5.41) is 0. The fraction of sp³-hybridized carbons (Fsp3) is 0.308. The van der Waals surface area contributed by atoms with Crippen LogP contribution in [0.15, 0.2) is 30.6 Å². The van der Waals surface area contributed by atoms with Crippen molar-refractivity contribution >= 4 is 0 Å². The van der Waals surface area contributed by atoms with Gasteiger partial charge in [0.1, 0.15) is 5.82 Å². The first-order chi connectivity index (χ1) is 7.72. The van der Waals surface area contributed by atoms with Gasteiger partial charge >= 0.3 is 0 Å². The number of nitrogens with zero attached hydrogens (tertiary/aromatic N) is 2. The van der Waals surface area contributed by atoms with E-state index in [0.717, 1.165) is 12.2 Å². The molecule has 2 aromatic rings. The summed E-state index contributed by atoms with van der Waals surface area (Å²) in [5.41, 5.74) is 9.30. The second kappa shape index (κ2) is 4.49. The summed E-state index contributed by atoms with van der Waals surface area (Å²) in [7, 11) is 0. The molecule has 3 heteroatoms. The SMILES string of the molecule is Cc1ccc(-n2ccnc2CCN)c(C)c1. The van der Waals surface area contributed by atoms with Crippen molar-refractivity contribution in [3.8, 4) is 5.69 Å². The quantitative estimate of drug-likeness (QED) is 0.851. The molecule has 84 valence electrons. The van der Waals surface area contributed by atoms with E-state index in [4.69, 9.17) is 5.73 Å². The van der Waals surface area contributed by atoms with Crippen LogP contribution in [0, 0.1) is 13.8 Å². The summed E-state index contributed by atoms with van der Waals surface area (Å²) >= 11 is 0. The first-order valence-electron chi connectivity index (χ1n) is 5.52. The van der Waals surface area contributed by atoms with Crippen LogP contribution in [0.3, 0.4) is 0 Å². The van der Waals surface area contributed by atoms with Gasteiger partial charge in [0.15, 0.2) is 0 Å². The number of rotatable bonds is 3. The Morgan fingerprint density at radius 1 is 1.31 bits per heavy atom. The third-order valence-corrected chi connectivity index (χ3v) is 2.70. The van der Waals surface area contributed by atoms with Gasteiger partial charge in [0.25, 0.3) is 0 Å². The molecule has 16 heavy (non-hydrogen) atoms. The summed E-state index contributed by atoms with van der Waals surface area (Å²) in [4.78, 5) is 4.33. The van der Waals surface area contributed by atoms with Crippen LogP contribution in [0.5, 0.6) is 0 Å². The molecule has 0 aliphatic carbocycles. The van der Waals surface area contributed by atoms with Gasteiger partial charge in [-0.2, -0.15) is 0 Å². The molecule has 0 unspecified atom stereocenters. The zero-order chi connectivity index (χ0) is 11.5. The maximum atomic E-state index is 5.58. The average molecular weight is 215 g/mol. The predicted octanol–water partition coefficient (Wildman–Crippen LogP) is 1.99. The van der Waals surface area contributed by atoms with Gasteiger partial charge in [0.2, 0.25) is 0 Å². The Labute approximate surface area is 95.9 Å². The first kappa shape index (κ1) is 10.9. The Morgan fingerprint density at radius 2 is 2.12 bits per heavy atom. The lowest BCUT2D eigenvalue weighted by Gasteiger charge is -2.10. The predicted molar refractivity (Wildman–Crippen MR) is 65.8 cm³/mol. The molecule has 0 radical (unpaired) electrons. The van der Waals surface area contributed by atoms with Crippen LogP contribution in [-0.2, 0) is 6.42 Å². The molecule has 2 rings (SSSR count). The molecule has 1 heterocycles. The highest BCUT2D eigenvalue weighted by atomic mass is 15.1. The van der Waals surface area contributed by atoms with Crippen LogP contribution in [0.2, 0.25) is 0 Å². The van der Waals surface area contributed by atoms with E-state index in [1.54, 1.807) is 0 Å². The van der Waals surface area contributed by atoms with E-state index in [0.29, 0.717) is 6.54 Å². The van der Waals surface area contributed by atoms with Crippen molar-refractivity contribution < 1.29 is 0 Å². The number of nitrogens with two attached hydrogens (primary N) is 1. The minimum absolute atomic E-state index is 0.627. The van der Waals surface area contributed by atoms with Crippen molar-refractivity contribution in [3.05, 3.63) is 47.5 Å². The van der Waals surface area contributed by atoms with E-state index in [9.17, 15) is 0 Å². The molecule has 1 aromatic heterocycles. The minimum atomic E-state index is 0.627. The zero-order valence-corrected chi connectivity index (χ0v) is 9.77. The lowest BCUT2D eigenvalue weighted by Crippen LogP contribution is -2.09. The highest BCUT2D eigenvalue weighted by molar-refractivity contribution is 5.43. The van der Waals surface area contributed by atoms with E-state index < -0.39 is 0 Å². The molecule has 0 fully saturated rings. The second-order valence-electron chi connectivity index (χ2n) is 4.04. The van der Waals surface area contributed by atoms with Gasteiger partial charge in [0.05, 0.1) is 0 Å². The molecule has 0 spiro atoms. The van der Waals surface area contributed by atoms with Gasteiger partial charge in [0, 0.05) is 24.5 Å². The molecular weight excluding hydrogens is 198 g/mol. The van der Waals surface area contributed by atoms with Crippen LogP contribution in [-0.4, -0.2) is 16.1 Å². The molecule has 0 aliphatic rings. The van der Waals surface area contributed by atoms with Crippen molar-refractivity contribution in [1.82, 2.24) is 9.55 Å². The Balaban J connectivity index is 2.46. The van der Waals surface area contributed by atoms with E-state index in [-0.39, 0.29) is 0 Å². The maximum absolute atomic E-state index is 5.58. The van der Waals surface area contributed by atoms with Gasteiger partial charge in [-0.3, -0.25) is 0 Å². The highest BCUT2D eigenvalue weighted by Gasteiger charge is 2.06. The zero-order valence-electron chi connectivity index (χ0n) is 9.77. The fourth-order valence-electron chi connectivity index (χ4n) is 1.94. The average Bonchev–Trinajstić information content (AvgIpc) is 2.67. The number of hydrogen-bond donors (Lipinski definition) is 1. The third-order valence-electron chi connectivity index (χ3n) is 2.70. The van der Waals surface area contributed by atoms with Gasteiger partial charge in [-0.25, -0.2) is 4.98 Å². The maximum Gasteiger partial charge on any atom is 0.114 e. The van der Waals surface area contributed by atoms with Crippen molar-refractivity contribution in [3.63, 3.8) is 0 Å². The number of hydrogen-bond acceptors (Lipinski definition) is 2. The molecule has 0 saturated heterocycles. The first-order valence-corrected chi connectivity index (χ1v) is 5.52. The smallest absolute Gasteiger partial charge is 0.114 e. The summed E-state index contributed by atoms with van der Waals surface area (Å²) in [6, 6.07) is 6.43. The molecule has 0 aliphatic heterocycles. The molecular formula is C13H17N3. The van der Waals surface area contributed by atoms with E-state index >= 15 is 0 Å². The number of imidazole rings is 1. The summed E-state index contributed by atoms with van der Waals surface area (Å²) in [5.74, 6) is 1.02. The molecule has 1 aromatic carbocycles. The molecule has 0 bridgehead atoms. The summed E-state index contributed by atoms with van der Waals surface area (Å²) < 4.78 is 2.11. The van der Waals surface area contributed by atoms with Crippen molar-refractivity contribution in [2.24, 2.45) is 5.73 Å². The van der Waals surface area contributed by atoms with Crippen molar-refractivity contribution in [2.45, 2.75) is 20.3 Å². The molecule has 0 atom stereocenters. The van der Waals surface area contributed by atoms with Crippen LogP contribution in [0.25, 0.3) is 5.69 Å². The molecule has 0 amide bonds. The lowest BCUT2D eigenvalue weighted by molar-refractivity contribution is 0.834. The standard InChI is InChI=1S/C13H17N3/c1-10-3-4-12(11(2)9-10)16-8-7-15-13(16)5-6-14/h3-4,7-9H,5-6,14H2,1-2H3. The number of aryl methyl sites for hydroxylation is 2. The molecule has 3 nitrogen and oxygen atoms in total. The topological polar surface area (TPSA) is 43.8 Å². The van der Waals surface area contributed by atoms with Crippen LogP contribution in [0.4, 0.5) is 0 Å². The Morgan fingerprint density at radius 3 is 2.81 bits per heavy atom. The van der Waals surface area contributed by atoms with Crippen molar-refractivity contribution in [2.75, 3.05) is 6.54 Å². The largest absolute Gasteiger partial charge is 0.330 e. The molecule has 2 N–H and O–H groups in total. The Hall–Kier alpha value is -1.61. The van der Waals surface area contributed by atoms with Crippen molar-refractivity contribution in [1.29, 1.82) is 0 Å². The van der Waals surface area contributed by atoms with Gasteiger partial charge in [-0.15, -0.1) is 0 Å². The number of benzene rings is 1. The molecule has 0 saturated carbocycles. The Kier molecular flexibility index (Phi) is 3.06. The normalized spacial score (nSPS) is 10.7. The lowest BCUT2D eigenvalue weighted by atomic mass is 10.1. The van der Waals surface area contributed by atoms with Crippen LogP contribution < -0.4 is 5.73 Å². The summed E-state index contributed by atoms with van der Waals surface area (Å²) in [6.07, 6.45) is 4.62. The van der Waals surface area contributed by atoms with Gasteiger partial charge in [-0.05, 0) is 32.0 Å². The van der Waals surface area contributed by atoms with Crippen LogP contribution >= 0.6 is 0 Å². The van der Waals surface area contributed by atoms with E-state index in [1.165, 1.54) is 16.8 Å². The summed E-state index contributed by atoms with van der Waals surface area (Å²) in [6.45, 7) is 4.85. The minimum Gasteiger partial charge on any atom is -0.330 e. The fourth-order valence-corrected chi connectivity index (χ4v) is 1.94.